The Bertz CT molecular complexity index is 822. The molecule has 1 aromatic carbocycles. The third-order valence-corrected chi connectivity index (χ3v) is 3.80. The van der Waals surface area contributed by atoms with Crippen LogP contribution in [0.1, 0.15) is 21.6 Å². The zero-order valence-electron chi connectivity index (χ0n) is 11.6. The molecule has 0 aliphatic heterocycles. The number of hydrogen-bond donors (Lipinski definition) is 2. The third kappa shape index (κ3) is 3.48. The molecule has 110 valence electrons. The number of pyridine rings is 1. The molecule has 3 aromatic rings. The number of anilines is 1. The fraction of sp³-hybridized carbons (Fsp3) is 0.0625. The largest absolute Gasteiger partial charge is 0.321 e. The Labute approximate surface area is 130 Å². The Balaban J connectivity index is 1.66. The number of nitrogens with zero attached hydrogens (tertiary/aromatic N) is 1. The van der Waals surface area contributed by atoms with Crippen molar-refractivity contribution in [2.24, 2.45) is 0 Å². The predicted octanol–water partition coefficient (Wildman–Crippen LogP) is 2.67. The van der Waals surface area contributed by atoms with Crippen molar-refractivity contribution in [3.8, 4) is 0 Å². The second-order valence-electron chi connectivity index (χ2n) is 4.75. The molecule has 0 fully saturated rings. The van der Waals surface area contributed by atoms with Crippen LogP contribution >= 0.6 is 11.3 Å². The average molecular weight is 311 g/mol. The van der Waals surface area contributed by atoms with E-state index in [9.17, 15) is 9.59 Å². The summed E-state index contributed by atoms with van der Waals surface area (Å²) in [5.41, 5.74) is 3.29. The second kappa shape index (κ2) is 6.36. The van der Waals surface area contributed by atoms with Gasteiger partial charge in [0.15, 0.2) is 0 Å². The molecule has 0 unspecified atom stereocenters. The molecule has 2 N–H and O–H groups in total. The predicted molar refractivity (Wildman–Crippen MR) is 86.4 cm³/mol. The number of rotatable bonds is 4. The van der Waals surface area contributed by atoms with Crippen molar-refractivity contribution in [2.45, 2.75) is 6.42 Å². The van der Waals surface area contributed by atoms with Crippen molar-refractivity contribution in [1.29, 1.82) is 0 Å². The lowest BCUT2D eigenvalue weighted by atomic mass is 10.1. The van der Waals surface area contributed by atoms with Crippen LogP contribution in [0.15, 0.2) is 59.0 Å². The highest BCUT2D eigenvalue weighted by molar-refractivity contribution is 7.07. The fourth-order valence-corrected chi connectivity index (χ4v) is 2.59. The minimum atomic E-state index is -0.319. The van der Waals surface area contributed by atoms with Gasteiger partial charge in [0.05, 0.1) is 0 Å². The van der Waals surface area contributed by atoms with Gasteiger partial charge in [-0.25, -0.2) is 0 Å². The first-order valence-corrected chi connectivity index (χ1v) is 7.56. The number of nitrogens with one attached hydrogen (secondary N) is 2. The molecule has 22 heavy (non-hydrogen) atoms. The van der Waals surface area contributed by atoms with Gasteiger partial charge in [-0.2, -0.15) is 0 Å². The Kier molecular flexibility index (Phi) is 4.11. The Hall–Kier alpha value is -2.73. The van der Waals surface area contributed by atoms with Crippen LogP contribution in [0.4, 0.5) is 5.69 Å². The third-order valence-electron chi connectivity index (χ3n) is 3.13. The molecule has 2 aromatic heterocycles. The van der Waals surface area contributed by atoms with Gasteiger partial charge in [-0.1, -0.05) is 23.5 Å². The maximum absolute atomic E-state index is 11.9. The molecule has 0 atom stereocenters. The molecule has 2 heterocycles. The highest BCUT2D eigenvalue weighted by Gasteiger charge is 2.08. The van der Waals surface area contributed by atoms with E-state index >= 15 is 0 Å². The van der Waals surface area contributed by atoms with Crippen LogP contribution < -0.4 is 10.2 Å². The van der Waals surface area contributed by atoms with Crippen molar-refractivity contribution < 1.29 is 4.79 Å². The molecule has 0 radical (unpaired) electrons. The minimum Gasteiger partial charge on any atom is -0.321 e. The molecule has 3 rings (SSSR count). The van der Waals surface area contributed by atoms with Gasteiger partial charge in [-0.15, -0.1) is 0 Å². The molecule has 0 saturated carbocycles. The van der Waals surface area contributed by atoms with E-state index in [0.29, 0.717) is 5.69 Å². The molecular formula is C16H13N3O2S. The van der Waals surface area contributed by atoms with E-state index in [4.69, 9.17) is 0 Å². The number of thiazole rings is 1. The molecule has 0 bridgehead atoms. The normalized spacial score (nSPS) is 10.4. The van der Waals surface area contributed by atoms with Crippen molar-refractivity contribution in [3.05, 3.63) is 80.7 Å². The number of hydrogen-bond acceptors (Lipinski definition) is 4. The smallest absolute Gasteiger partial charge is 0.305 e. The Morgan fingerprint density at radius 1 is 1.09 bits per heavy atom. The molecule has 0 saturated heterocycles. The first-order valence-electron chi connectivity index (χ1n) is 6.68. The number of aromatic amines is 1. The van der Waals surface area contributed by atoms with Crippen LogP contribution in [0.3, 0.4) is 0 Å². The number of carbonyl (C=O) groups excluding carboxylic acids is 1. The van der Waals surface area contributed by atoms with Crippen LogP contribution in [-0.2, 0) is 6.42 Å². The molecule has 1 amide bonds. The van der Waals surface area contributed by atoms with E-state index < -0.39 is 0 Å². The van der Waals surface area contributed by atoms with Crippen LogP contribution in [0, 0.1) is 0 Å². The van der Waals surface area contributed by atoms with Crippen molar-refractivity contribution >= 4 is 22.9 Å². The summed E-state index contributed by atoms with van der Waals surface area (Å²) in [4.78, 5) is 29.2. The maximum atomic E-state index is 11.9. The number of carbonyl (C=O) groups is 1. The summed E-state index contributed by atoms with van der Waals surface area (Å²) < 4.78 is 0. The summed E-state index contributed by atoms with van der Waals surface area (Å²) in [6.45, 7) is 0. The van der Waals surface area contributed by atoms with E-state index in [1.165, 1.54) is 10.9 Å². The monoisotopic (exact) mass is 311 g/mol. The summed E-state index contributed by atoms with van der Waals surface area (Å²) in [5, 5.41) is 4.26. The molecule has 0 spiro atoms. The van der Waals surface area contributed by atoms with Gasteiger partial charge in [-0.3, -0.25) is 14.6 Å². The van der Waals surface area contributed by atoms with Crippen LogP contribution in [0.2, 0.25) is 0 Å². The topological polar surface area (TPSA) is 74.8 Å². The summed E-state index contributed by atoms with van der Waals surface area (Å²) in [7, 11) is 0. The number of benzene rings is 1. The molecule has 5 nitrogen and oxygen atoms in total. The lowest BCUT2D eigenvalue weighted by Gasteiger charge is -2.06. The highest BCUT2D eigenvalue weighted by Crippen LogP contribution is 2.14. The van der Waals surface area contributed by atoms with E-state index in [1.54, 1.807) is 12.4 Å². The SMILES string of the molecule is O=C(Nc1ccc(Cc2ccncc2)cc1)c1csc(=O)[nH]1. The van der Waals surface area contributed by atoms with E-state index in [1.807, 2.05) is 36.4 Å². The summed E-state index contributed by atoms with van der Waals surface area (Å²) in [5.74, 6) is -0.319. The van der Waals surface area contributed by atoms with Gasteiger partial charge >= 0.3 is 4.87 Å². The van der Waals surface area contributed by atoms with Crippen LogP contribution in [-0.4, -0.2) is 15.9 Å². The van der Waals surface area contributed by atoms with E-state index in [0.717, 1.165) is 23.3 Å². The van der Waals surface area contributed by atoms with E-state index in [2.05, 4.69) is 15.3 Å². The molecular weight excluding hydrogens is 298 g/mol. The molecule has 6 heteroatoms. The fourth-order valence-electron chi connectivity index (χ4n) is 2.03. The van der Waals surface area contributed by atoms with Gasteiger partial charge in [0.2, 0.25) is 0 Å². The summed E-state index contributed by atoms with van der Waals surface area (Å²) in [6, 6.07) is 11.6. The lowest BCUT2D eigenvalue weighted by Crippen LogP contribution is -2.13. The number of H-pyrrole nitrogens is 1. The maximum Gasteiger partial charge on any atom is 0.305 e. The van der Waals surface area contributed by atoms with Gasteiger partial charge in [-0.05, 0) is 41.8 Å². The zero-order chi connectivity index (χ0) is 15.4. The summed E-state index contributed by atoms with van der Waals surface area (Å²) >= 11 is 0.970. The van der Waals surface area contributed by atoms with Crippen LogP contribution in [0.25, 0.3) is 0 Å². The highest BCUT2D eigenvalue weighted by atomic mass is 32.1. The van der Waals surface area contributed by atoms with Crippen molar-refractivity contribution in [3.63, 3.8) is 0 Å². The standard InChI is InChI=1S/C16H13N3O2S/c20-15(14-10-22-16(21)19-14)18-13-3-1-11(2-4-13)9-12-5-7-17-8-6-12/h1-8,10H,9H2,(H,18,20)(H,19,21). The quantitative estimate of drug-likeness (QED) is 0.778. The Morgan fingerprint density at radius 3 is 2.41 bits per heavy atom. The first-order chi connectivity index (χ1) is 10.7. The van der Waals surface area contributed by atoms with Gasteiger partial charge in [0.25, 0.3) is 5.91 Å². The zero-order valence-corrected chi connectivity index (χ0v) is 12.4. The average Bonchev–Trinajstić information content (AvgIpc) is 2.97. The number of aromatic nitrogens is 2. The van der Waals surface area contributed by atoms with Gasteiger partial charge < -0.3 is 10.3 Å². The molecule has 0 aliphatic rings. The second-order valence-corrected chi connectivity index (χ2v) is 5.59. The van der Waals surface area contributed by atoms with Crippen molar-refractivity contribution in [2.75, 3.05) is 5.32 Å². The lowest BCUT2D eigenvalue weighted by molar-refractivity contribution is 0.102. The van der Waals surface area contributed by atoms with Crippen molar-refractivity contribution in [1.82, 2.24) is 9.97 Å². The van der Waals surface area contributed by atoms with Gasteiger partial charge in [0.1, 0.15) is 5.69 Å². The first kappa shape index (κ1) is 14.2. The Morgan fingerprint density at radius 2 is 1.77 bits per heavy atom. The van der Waals surface area contributed by atoms with Gasteiger partial charge in [0, 0.05) is 23.5 Å². The summed E-state index contributed by atoms with van der Waals surface area (Å²) in [6.07, 6.45) is 4.35. The minimum absolute atomic E-state index is 0.238. The number of amides is 1. The molecule has 0 aliphatic carbocycles. The van der Waals surface area contributed by atoms with Crippen LogP contribution in [0.5, 0.6) is 0 Å². The van der Waals surface area contributed by atoms with E-state index in [-0.39, 0.29) is 16.5 Å².